The molecule has 0 aliphatic heterocycles. The van der Waals surface area contributed by atoms with Crippen LogP contribution in [0.2, 0.25) is 0 Å². The predicted octanol–water partition coefficient (Wildman–Crippen LogP) is 1.15. The van der Waals surface area contributed by atoms with Crippen LogP contribution in [0.3, 0.4) is 0 Å². The molecule has 1 aromatic rings. The summed E-state index contributed by atoms with van der Waals surface area (Å²) >= 11 is 1.61. The summed E-state index contributed by atoms with van der Waals surface area (Å²) in [5.41, 5.74) is 1.00. The van der Waals surface area contributed by atoms with E-state index in [0.717, 1.165) is 16.7 Å². The van der Waals surface area contributed by atoms with Gasteiger partial charge < -0.3 is 15.4 Å². The molecule has 0 aliphatic carbocycles. The summed E-state index contributed by atoms with van der Waals surface area (Å²) < 4.78 is 5.21. The molecule has 16 heavy (non-hydrogen) atoms. The van der Waals surface area contributed by atoms with E-state index in [-0.39, 0.29) is 6.10 Å². The van der Waals surface area contributed by atoms with Gasteiger partial charge in [0.25, 0.3) is 0 Å². The first-order chi connectivity index (χ1) is 7.71. The summed E-state index contributed by atoms with van der Waals surface area (Å²) in [6, 6.07) is 0. The van der Waals surface area contributed by atoms with Gasteiger partial charge in [-0.2, -0.15) is 0 Å². The minimum Gasteiger partial charge on any atom is -0.375 e. The second-order valence-electron chi connectivity index (χ2n) is 3.23. The lowest BCUT2D eigenvalue weighted by Gasteiger charge is -2.06. The molecule has 0 amide bonds. The first kappa shape index (κ1) is 12.9. The van der Waals surface area contributed by atoms with Crippen LogP contribution >= 0.6 is 11.3 Å². The second-order valence-corrected chi connectivity index (χ2v) is 4.12. The number of hydrogen-bond donors (Lipinski definition) is 2. The van der Waals surface area contributed by atoms with Crippen molar-refractivity contribution in [1.82, 2.24) is 15.6 Å². The largest absolute Gasteiger partial charge is 0.375 e. The van der Waals surface area contributed by atoms with Crippen molar-refractivity contribution in [2.24, 2.45) is 4.99 Å². The molecule has 1 rings (SSSR count). The van der Waals surface area contributed by atoms with Gasteiger partial charge in [0.05, 0.1) is 12.2 Å². The number of rotatable bonds is 4. The minimum atomic E-state index is 0.0577. The topological polar surface area (TPSA) is 58.5 Å². The summed E-state index contributed by atoms with van der Waals surface area (Å²) in [6.45, 7) is 2.66. The molecule has 0 aliphatic rings. The van der Waals surface area contributed by atoms with Gasteiger partial charge in [0.2, 0.25) is 0 Å². The summed E-state index contributed by atoms with van der Waals surface area (Å²) in [7, 11) is 5.25. The molecule has 1 atom stereocenters. The maximum atomic E-state index is 5.21. The van der Waals surface area contributed by atoms with Crippen LogP contribution in [0.5, 0.6) is 0 Å². The van der Waals surface area contributed by atoms with Crippen LogP contribution in [-0.4, -0.2) is 32.1 Å². The highest BCUT2D eigenvalue weighted by Crippen LogP contribution is 2.19. The van der Waals surface area contributed by atoms with Gasteiger partial charge >= 0.3 is 0 Å². The molecule has 1 unspecified atom stereocenters. The minimum absolute atomic E-state index is 0.0577. The first-order valence-electron chi connectivity index (χ1n) is 5.06. The van der Waals surface area contributed by atoms with Gasteiger partial charge in [-0.15, -0.1) is 11.3 Å². The number of nitrogens with one attached hydrogen (secondary N) is 2. The van der Waals surface area contributed by atoms with Crippen LogP contribution in [0.4, 0.5) is 0 Å². The molecule has 0 aromatic carbocycles. The summed E-state index contributed by atoms with van der Waals surface area (Å²) in [6.07, 6.45) is 0.0577. The van der Waals surface area contributed by atoms with E-state index in [1.807, 2.05) is 19.4 Å². The molecule has 1 heterocycles. The molecule has 0 fully saturated rings. The molecule has 0 saturated heterocycles. The standard InChI is InChI=1S/C10H18N4OS/c1-7(15-4)9-14-8(6-16-9)5-13-10(11-2)12-3/h6-7H,5H2,1-4H3,(H2,11,12,13). The predicted molar refractivity (Wildman–Crippen MR) is 66.8 cm³/mol. The van der Waals surface area contributed by atoms with E-state index in [2.05, 4.69) is 20.6 Å². The van der Waals surface area contributed by atoms with Crippen molar-refractivity contribution in [1.29, 1.82) is 0 Å². The van der Waals surface area contributed by atoms with Gasteiger partial charge in [-0.1, -0.05) is 0 Å². The molecule has 2 N–H and O–H groups in total. The number of aromatic nitrogens is 1. The van der Waals surface area contributed by atoms with E-state index in [9.17, 15) is 0 Å². The van der Waals surface area contributed by atoms with Crippen LogP contribution in [0.25, 0.3) is 0 Å². The zero-order valence-corrected chi connectivity index (χ0v) is 10.9. The average molecular weight is 242 g/mol. The quantitative estimate of drug-likeness (QED) is 0.614. The van der Waals surface area contributed by atoms with Crippen LogP contribution in [0.15, 0.2) is 10.4 Å². The maximum absolute atomic E-state index is 5.21. The van der Waals surface area contributed by atoms with Crippen LogP contribution < -0.4 is 10.6 Å². The van der Waals surface area contributed by atoms with E-state index in [1.54, 1.807) is 25.5 Å². The summed E-state index contributed by atoms with van der Waals surface area (Å²) in [5, 5.41) is 9.13. The van der Waals surface area contributed by atoms with Crippen molar-refractivity contribution in [3.63, 3.8) is 0 Å². The number of hydrogen-bond acceptors (Lipinski definition) is 4. The van der Waals surface area contributed by atoms with Gasteiger partial charge in [-0.3, -0.25) is 4.99 Å². The van der Waals surface area contributed by atoms with Gasteiger partial charge in [0, 0.05) is 26.6 Å². The lowest BCUT2D eigenvalue weighted by Crippen LogP contribution is -2.34. The zero-order chi connectivity index (χ0) is 12.0. The SMILES string of the molecule is CN=C(NC)NCc1csc(C(C)OC)n1. The van der Waals surface area contributed by atoms with Crippen molar-refractivity contribution in [3.05, 3.63) is 16.1 Å². The molecule has 0 saturated carbocycles. The third-order valence-electron chi connectivity index (χ3n) is 2.17. The van der Waals surface area contributed by atoms with Gasteiger partial charge in [-0.05, 0) is 6.92 Å². The van der Waals surface area contributed by atoms with Crippen molar-refractivity contribution in [3.8, 4) is 0 Å². The number of methoxy groups -OCH3 is 1. The third-order valence-corrected chi connectivity index (χ3v) is 3.22. The average Bonchev–Trinajstić information content (AvgIpc) is 2.78. The Morgan fingerprint density at radius 1 is 1.69 bits per heavy atom. The maximum Gasteiger partial charge on any atom is 0.191 e. The smallest absolute Gasteiger partial charge is 0.191 e. The summed E-state index contributed by atoms with van der Waals surface area (Å²) in [5.74, 6) is 0.759. The molecule has 6 heteroatoms. The normalized spacial score (nSPS) is 13.6. The molecule has 5 nitrogen and oxygen atoms in total. The van der Waals surface area contributed by atoms with E-state index in [4.69, 9.17) is 4.74 Å². The Kier molecular flexibility index (Phi) is 5.21. The monoisotopic (exact) mass is 242 g/mol. The zero-order valence-electron chi connectivity index (χ0n) is 10.1. The molecule has 0 spiro atoms. The van der Waals surface area contributed by atoms with E-state index < -0.39 is 0 Å². The van der Waals surface area contributed by atoms with Crippen LogP contribution in [0.1, 0.15) is 23.7 Å². The van der Waals surface area contributed by atoms with E-state index in [1.165, 1.54) is 0 Å². The fraction of sp³-hybridized carbons (Fsp3) is 0.600. The fourth-order valence-corrected chi connectivity index (χ4v) is 2.00. The number of aliphatic imine (C=N–C) groups is 1. The summed E-state index contributed by atoms with van der Waals surface area (Å²) in [4.78, 5) is 8.49. The van der Waals surface area contributed by atoms with Crippen molar-refractivity contribution in [2.45, 2.75) is 19.6 Å². The highest BCUT2D eigenvalue weighted by Gasteiger charge is 2.09. The third kappa shape index (κ3) is 3.46. The number of guanidine groups is 1. The molecular formula is C10H18N4OS. The Hall–Kier alpha value is -1.14. The van der Waals surface area contributed by atoms with E-state index in [0.29, 0.717) is 6.54 Å². The second kappa shape index (κ2) is 6.44. The molecular weight excluding hydrogens is 224 g/mol. The van der Waals surface area contributed by atoms with Crippen molar-refractivity contribution in [2.75, 3.05) is 21.2 Å². The van der Waals surface area contributed by atoms with Crippen molar-refractivity contribution < 1.29 is 4.74 Å². The van der Waals surface area contributed by atoms with Crippen molar-refractivity contribution >= 4 is 17.3 Å². The fourth-order valence-electron chi connectivity index (χ4n) is 1.14. The Bertz CT molecular complexity index is 350. The Morgan fingerprint density at radius 2 is 2.44 bits per heavy atom. The lowest BCUT2D eigenvalue weighted by atomic mass is 10.4. The molecule has 1 aromatic heterocycles. The number of thiazole rings is 1. The van der Waals surface area contributed by atoms with Gasteiger partial charge in [0.15, 0.2) is 5.96 Å². The molecule has 0 radical (unpaired) electrons. The van der Waals surface area contributed by atoms with Crippen LogP contribution in [-0.2, 0) is 11.3 Å². The molecule has 90 valence electrons. The number of nitrogens with zero attached hydrogens (tertiary/aromatic N) is 2. The highest BCUT2D eigenvalue weighted by atomic mass is 32.1. The highest BCUT2D eigenvalue weighted by molar-refractivity contribution is 7.09. The molecule has 0 bridgehead atoms. The Labute approximate surface area is 100.0 Å². The lowest BCUT2D eigenvalue weighted by molar-refractivity contribution is 0.119. The first-order valence-corrected chi connectivity index (χ1v) is 5.94. The van der Waals surface area contributed by atoms with Gasteiger partial charge in [0.1, 0.15) is 11.1 Å². The van der Waals surface area contributed by atoms with Crippen LogP contribution in [0, 0.1) is 0 Å². The Morgan fingerprint density at radius 3 is 3.00 bits per heavy atom. The Balaban J connectivity index is 2.52. The van der Waals surface area contributed by atoms with Gasteiger partial charge in [-0.25, -0.2) is 4.98 Å². The number of ether oxygens (including phenoxy) is 1. The van der Waals surface area contributed by atoms with E-state index >= 15 is 0 Å².